The van der Waals surface area contributed by atoms with E-state index >= 15 is 0 Å². The van der Waals surface area contributed by atoms with Crippen LogP contribution in [0.3, 0.4) is 0 Å². The van der Waals surface area contributed by atoms with Crippen LogP contribution >= 0.6 is 0 Å². The van der Waals surface area contributed by atoms with Gasteiger partial charge in [0.2, 0.25) is 12.7 Å². The van der Waals surface area contributed by atoms with Crippen molar-refractivity contribution in [3.63, 3.8) is 0 Å². The Bertz CT molecular complexity index is 1540. The van der Waals surface area contributed by atoms with E-state index in [1.165, 1.54) is 0 Å². The standard InChI is InChI=1S/C39H53N3O12/c1-4-47-36(44)32(19-26(2)3)42-35(43)15-13-29-21-31(52-38(46)41-23-27-12-14-33-34(20-27)51-25-50-33)22-39(53-29)16-8-11-30(54-39)24-49-37(45)40-17-18-48-28-9-6-5-7-10-28/h5-7,9-10,12,14,20,26,29-32H,4,8,11,13,15-19,21-25H2,1-3H3,(H,40,45)(H,41,46)(H,42,43)/t29-,30-,31-,32+,39+/m1/s1. The number of para-hydroxylation sites is 1. The predicted molar refractivity (Wildman–Crippen MR) is 194 cm³/mol. The average molecular weight is 756 g/mol. The van der Waals surface area contributed by atoms with E-state index in [9.17, 15) is 19.2 Å². The molecule has 0 aliphatic carbocycles. The highest BCUT2D eigenvalue weighted by Gasteiger charge is 2.47. The smallest absolute Gasteiger partial charge is 0.407 e. The number of benzene rings is 2. The third-order valence-corrected chi connectivity index (χ3v) is 9.15. The van der Waals surface area contributed by atoms with Gasteiger partial charge >= 0.3 is 18.2 Å². The number of nitrogens with one attached hydrogen (secondary N) is 3. The summed E-state index contributed by atoms with van der Waals surface area (Å²) in [5, 5.41) is 8.31. The van der Waals surface area contributed by atoms with Crippen molar-refractivity contribution in [2.45, 2.75) is 109 Å². The van der Waals surface area contributed by atoms with Crippen LogP contribution in [-0.4, -0.2) is 87.4 Å². The van der Waals surface area contributed by atoms with Crippen molar-refractivity contribution in [3.05, 3.63) is 54.1 Å². The van der Waals surface area contributed by atoms with E-state index in [0.717, 1.165) is 5.56 Å². The third-order valence-electron chi connectivity index (χ3n) is 9.15. The van der Waals surface area contributed by atoms with Crippen LogP contribution in [0.2, 0.25) is 0 Å². The Hall–Kier alpha value is -4.76. The average Bonchev–Trinajstić information content (AvgIpc) is 3.62. The highest BCUT2D eigenvalue weighted by molar-refractivity contribution is 5.84. The van der Waals surface area contributed by atoms with Gasteiger partial charge in [0.15, 0.2) is 17.3 Å². The molecule has 3 heterocycles. The summed E-state index contributed by atoms with van der Waals surface area (Å²) >= 11 is 0. The van der Waals surface area contributed by atoms with Crippen LogP contribution in [0.1, 0.15) is 77.7 Å². The Kier molecular flexibility index (Phi) is 15.0. The SMILES string of the molecule is CCOC(=O)[C@H](CC(C)C)NC(=O)CC[C@@H]1C[C@@H](OC(=O)NCc2ccc3c(c2)OCO3)C[C@@]2(CCC[C@H](COC(=O)NCCOc3ccccc3)O2)O1. The number of carbonyl (C=O) groups excluding carboxylic acids is 4. The van der Waals surface area contributed by atoms with Gasteiger partial charge in [0.25, 0.3) is 0 Å². The van der Waals surface area contributed by atoms with E-state index in [1.807, 2.05) is 50.2 Å². The minimum Gasteiger partial charge on any atom is -0.492 e. The first-order chi connectivity index (χ1) is 26.1. The molecule has 54 heavy (non-hydrogen) atoms. The van der Waals surface area contributed by atoms with Crippen molar-refractivity contribution in [1.29, 1.82) is 0 Å². The molecule has 5 atom stereocenters. The highest BCUT2D eigenvalue weighted by atomic mass is 16.7. The Labute approximate surface area is 316 Å². The van der Waals surface area contributed by atoms with Crippen LogP contribution in [0.5, 0.6) is 17.2 Å². The number of hydrogen-bond acceptors (Lipinski definition) is 12. The van der Waals surface area contributed by atoms with E-state index in [1.54, 1.807) is 19.1 Å². The minimum atomic E-state index is -1.13. The number of carbonyl (C=O) groups is 4. The summed E-state index contributed by atoms with van der Waals surface area (Å²) in [5.41, 5.74) is 0.813. The van der Waals surface area contributed by atoms with Crippen molar-refractivity contribution in [2.24, 2.45) is 5.92 Å². The molecule has 0 bridgehead atoms. The molecule has 15 nitrogen and oxygen atoms in total. The molecular formula is C39H53N3O12. The van der Waals surface area contributed by atoms with Gasteiger partial charge in [-0.15, -0.1) is 0 Å². The van der Waals surface area contributed by atoms with Gasteiger partial charge in [-0.3, -0.25) is 4.79 Å². The summed E-state index contributed by atoms with van der Waals surface area (Å²) in [6, 6.07) is 14.0. The predicted octanol–water partition coefficient (Wildman–Crippen LogP) is 5.13. The molecule has 2 aromatic rings. The lowest BCUT2D eigenvalue weighted by Crippen LogP contribution is -2.54. The van der Waals surface area contributed by atoms with E-state index in [0.29, 0.717) is 55.8 Å². The molecule has 3 aliphatic heterocycles. The highest BCUT2D eigenvalue weighted by Crippen LogP contribution is 2.41. The maximum absolute atomic E-state index is 13.1. The normalized spacial score (nSPS) is 22.2. The first kappa shape index (κ1) is 40.4. The number of ether oxygens (including phenoxy) is 8. The lowest BCUT2D eigenvalue weighted by molar-refractivity contribution is -0.329. The molecule has 1 spiro atoms. The fourth-order valence-corrected chi connectivity index (χ4v) is 6.73. The molecule has 0 radical (unpaired) electrons. The van der Waals surface area contributed by atoms with E-state index in [-0.39, 0.29) is 64.4 Å². The van der Waals surface area contributed by atoms with Gasteiger partial charge in [-0.2, -0.15) is 0 Å². The van der Waals surface area contributed by atoms with Crippen LogP contribution in [0.25, 0.3) is 0 Å². The van der Waals surface area contributed by atoms with Crippen LogP contribution in [-0.2, 0) is 39.8 Å². The number of fused-ring (bicyclic) bond motifs is 1. The summed E-state index contributed by atoms with van der Waals surface area (Å²) < 4.78 is 46.0. The molecule has 15 heteroatoms. The number of hydrogen-bond donors (Lipinski definition) is 3. The monoisotopic (exact) mass is 755 g/mol. The molecule has 3 N–H and O–H groups in total. The van der Waals surface area contributed by atoms with E-state index in [2.05, 4.69) is 16.0 Å². The number of alkyl carbamates (subject to hydrolysis) is 2. The van der Waals surface area contributed by atoms with Crippen LogP contribution in [0.4, 0.5) is 9.59 Å². The van der Waals surface area contributed by atoms with Crippen molar-refractivity contribution >= 4 is 24.1 Å². The molecule has 0 saturated carbocycles. The summed E-state index contributed by atoms with van der Waals surface area (Å²) in [7, 11) is 0. The quantitative estimate of drug-likeness (QED) is 0.110. The molecule has 5 rings (SSSR count). The summed E-state index contributed by atoms with van der Waals surface area (Å²) in [6.07, 6.45) is 0.498. The fraction of sp³-hybridized carbons (Fsp3) is 0.590. The maximum atomic E-state index is 13.1. The zero-order chi connectivity index (χ0) is 38.3. The number of amides is 3. The van der Waals surface area contributed by atoms with E-state index < -0.39 is 48.3 Å². The molecule has 3 amide bonds. The van der Waals surface area contributed by atoms with Gasteiger partial charge in [0.1, 0.15) is 31.1 Å². The summed E-state index contributed by atoms with van der Waals surface area (Å²) in [5.74, 6) is 0.222. The van der Waals surface area contributed by atoms with Gasteiger partial charge in [-0.25, -0.2) is 14.4 Å². The molecule has 296 valence electrons. The molecule has 2 fully saturated rings. The van der Waals surface area contributed by atoms with Crippen molar-refractivity contribution in [2.75, 3.05) is 33.2 Å². The Morgan fingerprint density at radius 2 is 1.74 bits per heavy atom. The largest absolute Gasteiger partial charge is 0.492 e. The second kappa shape index (κ2) is 20.1. The Morgan fingerprint density at radius 1 is 0.944 bits per heavy atom. The van der Waals surface area contributed by atoms with Gasteiger partial charge in [0, 0.05) is 32.2 Å². The molecular weight excluding hydrogens is 702 g/mol. The van der Waals surface area contributed by atoms with Gasteiger partial charge < -0.3 is 53.8 Å². The molecule has 0 unspecified atom stereocenters. The van der Waals surface area contributed by atoms with Crippen LogP contribution in [0, 0.1) is 5.92 Å². The van der Waals surface area contributed by atoms with E-state index in [4.69, 9.17) is 37.9 Å². The Morgan fingerprint density at radius 3 is 2.54 bits per heavy atom. The van der Waals surface area contributed by atoms with Crippen LogP contribution in [0.15, 0.2) is 48.5 Å². The van der Waals surface area contributed by atoms with Crippen molar-refractivity contribution < 1.29 is 57.1 Å². The van der Waals surface area contributed by atoms with Crippen molar-refractivity contribution in [1.82, 2.24) is 16.0 Å². The molecule has 3 aliphatic rings. The summed E-state index contributed by atoms with van der Waals surface area (Å²) in [6.45, 7) is 6.77. The lowest BCUT2D eigenvalue weighted by atomic mass is 9.90. The topological polar surface area (TPSA) is 178 Å². The minimum absolute atomic E-state index is 0.00377. The second-order valence-electron chi connectivity index (χ2n) is 14.0. The molecule has 0 aromatic heterocycles. The fourth-order valence-electron chi connectivity index (χ4n) is 6.73. The van der Waals surface area contributed by atoms with Crippen molar-refractivity contribution in [3.8, 4) is 17.2 Å². The first-order valence-electron chi connectivity index (χ1n) is 18.8. The van der Waals surface area contributed by atoms with Gasteiger partial charge in [-0.05, 0) is 68.4 Å². The van der Waals surface area contributed by atoms with Gasteiger partial charge in [0.05, 0.1) is 25.4 Å². The maximum Gasteiger partial charge on any atom is 0.407 e. The Balaban J connectivity index is 1.16. The number of esters is 1. The summed E-state index contributed by atoms with van der Waals surface area (Å²) in [4.78, 5) is 51.1. The van der Waals surface area contributed by atoms with Gasteiger partial charge in [-0.1, -0.05) is 38.1 Å². The number of rotatable bonds is 17. The zero-order valence-corrected chi connectivity index (χ0v) is 31.3. The molecule has 2 aromatic carbocycles. The van der Waals surface area contributed by atoms with Crippen LogP contribution < -0.4 is 30.2 Å². The third kappa shape index (κ3) is 12.7. The molecule has 2 saturated heterocycles. The second-order valence-corrected chi connectivity index (χ2v) is 14.0. The lowest BCUT2D eigenvalue weighted by Gasteiger charge is -2.47. The first-order valence-corrected chi connectivity index (χ1v) is 18.8. The zero-order valence-electron chi connectivity index (χ0n) is 31.3.